The van der Waals surface area contributed by atoms with Crippen LogP contribution in [0.3, 0.4) is 0 Å². The normalized spacial score (nSPS) is 10.6. The Balaban J connectivity index is 1.75. The molecular formula is C23H18ClN5O4. The van der Waals surface area contributed by atoms with Crippen LogP contribution >= 0.6 is 11.6 Å². The Bertz CT molecular complexity index is 1320. The number of hydrogen-bond acceptors (Lipinski definition) is 7. The van der Waals surface area contributed by atoms with Gasteiger partial charge in [-0.25, -0.2) is 0 Å². The van der Waals surface area contributed by atoms with Crippen LogP contribution in [0.2, 0.25) is 5.02 Å². The first-order valence-corrected chi connectivity index (χ1v) is 10.2. The number of nitro benzene ring substituents is 1. The molecule has 4 rings (SSSR count). The van der Waals surface area contributed by atoms with Gasteiger partial charge >= 0.3 is 0 Å². The minimum Gasteiger partial charge on any atom is -0.497 e. The summed E-state index contributed by atoms with van der Waals surface area (Å²) in [5.41, 5.74) is 1.01. The van der Waals surface area contributed by atoms with E-state index in [9.17, 15) is 14.9 Å². The molecule has 0 unspecified atom stereocenters. The van der Waals surface area contributed by atoms with Crippen LogP contribution in [0.15, 0.2) is 72.8 Å². The standard InChI is InChI=1S/C23H18ClN5O4/c1-33-17-12-10-15(11-13-17)21-26-23(25-14-16-6-2-4-8-19(16)24)28(27-21)22(30)18-7-3-5-9-20(18)29(31)32/h2-13H,14H2,1H3,(H,25,26,27). The van der Waals surface area contributed by atoms with Crippen molar-refractivity contribution in [2.75, 3.05) is 12.4 Å². The van der Waals surface area contributed by atoms with Crippen molar-refractivity contribution in [2.24, 2.45) is 0 Å². The molecular weight excluding hydrogens is 446 g/mol. The average Bonchev–Trinajstić information content (AvgIpc) is 3.27. The van der Waals surface area contributed by atoms with E-state index in [2.05, 4.69) is 15.4 Å². The summed E-state index contributed by atoms with van der Waals surface area (Å²) in [6.45, 7) is 0.268. The third kappa shape index (κ3) is 4.68. The Morgan fingerprint density at radius 3 is 2.48 bits per heavy atom. The summed E-state index contributed by atoms with van der Waals surface area (Å²) in [7, 11) is 1.56. The molecule has 1 heterocycles. The number of ether oxygens (including phenoxy) is 1. The lowest BCUT2D eigenvalue weighted by molar-refractivity contribution is -0.385. The fraction of sp³-hybridized carbons (Fsp3) is 0.0870. The number of carbonyl (C=O) groups excluding carboxylic acids is 1. The first-order valence-electron chi connectivity index (χ1n) is 9.85. The number of rotatable bonds is 7. The maximum atomic E-state index is 13.3. The second kappa shape index (κ2) is 9.49. The Labute approximate surface area is 193 Å². The van der Waals surface area contributed by atoms with Gasteiger partial charge in [0.15, 0.2) is 5.82 Å². The quantitative estimate of drug-likeness (QED) is 0.309. The first-order chi connectivity index (χ1) is 16.0. The smallest absolute Gasteiger partial charge is 0.288 e. The van der Waals surface area contributed by atoms with Gasteiger partial charge in [-0.3, -0.25) is 14.9 Å². The van der Waals surface area contributed by atoms with Gasteiger partial charge in [0.25, 0.3) is 11.6 Å². The molecule has 0 fully saturated rings. The largest absolute Gasteiger partial charge is 0.497 e. The van der Waals surface area contributed by atoms with Crippen LogP contribution < -0.4 is 10.1 Å². The van der Waals surface area contributed by atoms with Crippen molar-refractivity contribution in [3.63, 3.8) is 0 Å². The van der Waals surface area contributed by atoms with Gasteiger partial charge in [0.1, 0.15) is 11.3 Å². The Morgan fingerprint density at radius 1 is 1.09 bits per heavy atom. The van der Waals surface area contributed by atoms with Gasteiger partial charge in [0.05, 0.1) is 12.0 Å². The van der Waals surface area contributed by atoms with E-state index in [0.717, 1.165) is 10.2 Å². The molecule has 0 atom stereocenters. The third-order valence-corrected chi connectivity index (χ3v) is 5.24. The molecule has 1 aromatic heterocycles. The van der Waals surface area contributed by atoms with Gasteiger partial charge in [-0.05, 0) is 42.0 Å². The summed E-state index contributed by atoms with van der Waals surface area (Å²) < 4.78 is 6.20. The lowest BCUT2D eigenvalue weighted by Crippen LogP contribution is -2.18. The number of carbonyl (C=O) groups is 1. The second-order valence-electron chi connectivity index (χ2n) is 6.92. The summed E-state index contributed by atoms with van der Waals surface area (Å²) >= 11 is 6.24. The monoisotopic (exact) mass is 463 g/mol. The van der Waals surface area contributed by atoms with Crippen LogP contribution in [0.25, 0.3) is 11.4 Å². The number of para-hydroxylation sites is 1. The molecule has 0 bridgehead atoms. The Kier molecular flexibility index (Phi) is 6.32. The summed E-state index contributed by atoms with van der Waals surface area (Å²) in [6, 6.07) is 20.0. The summed E-state index contributed by atoms with van der Waals surface area (Å²) in [6.07, 6.45) is 0. The predicted molar refractivity (Wildman–Crippen MR) is 124 cm³/mol. The van der Waals surface area contributed by atoms with E-state index in [0.29, 0.717) is 16.3 Å². The molecule has 166 valence electrons. The van der Waals surface area contributed by atoms with Crippen molar-refractivity contribution >= 4 is 29.1 Å². The second-order valence-corrected chi connectivity index (χ2v) is 7.33. The molecule has 9 nitrogen and oxygen atoms in total. The molecule has 0 radical (unpaired) electrons. The highest BCUT2D eigenvalue weighted by atomic mass is 35.5. The zero-order chi connectivity index (χ0) is 23.4. The Morgan fingerprint density at radius 2 is 1.79 bits per heavy atom. The number of hydrogen-bond donors (Lipinski definition) is 1. The molecule has 0 saturated heterocycles. The molecule has 0 aliphatic rings. The van der Waals surface area contributed by atoms with E-state index in [-0.39, 0.29) is 29.6 Å². The van der Waals surface area contributed by atoms with Crippen molar-refractivity contribution in [3.8, 4) is 17.1 Å². The number of nitrogens with zero attached hydrogens (tertiary/aromatic N) is 4. The first kappa shape index (κ1) is 22.0. The third-order valence-electron chi connectivity index (χ3n) is 4.87. The molecule has 10 heteroatoms. The van der Waals surface area contributed by atoms with Gasteiger partial charge in [0.2, 0.25) is 5.95 Å². The maximum Gasteiger partial charge on any atom is 0.288 e. The number of halogens is 1. The van der Waals surface area contributed by atoms with Gasteiger partial charge in [-0.2, -0.15) is 9.67 Å². The molecule has 1 N–H and O–H groups in total. The summed E-state index contributed by atoms with van der Waals surface area (Å²) in [5, 5.41) is 19.4. The van der Waals surface area contributed by atoms with E-state index in [1.807, 2.05) is 18.2 Å². The lowest BCUT2D eigenvalue weighted by Gasteiger charge is -2.08. The highest BCUT2D eigenvalue weighted by Gasteiger charge is 2.25. The summed E-state index contributed by atoms with van der Waals surface area (Å²) in [5.74, 6) is 0.373. The van der Waals surface area contributed by atoms with E-state index in [1.54, 1.807) is 43.5 Å². The van der Waals surface area contributed by atoms with Crippen molar-refractivity contribution in [3.05, 3.63) is 99.1 Å². The topological polar surface area (TPSA) is 112 Å². The van der Waals surface area contributed by atoms with E-state index in [4.69, 9.17) is 16.3 Å². The minimum atomic E-state index is -0.684. The molecule has 0 amide bonds. The number of benzene rings is 3. The number of anilines is 1. The van der Waals surface area contributed by atoms with E-state index < -0.39 is 10.8 Å². The van der Waals surface area contributed by atoms with Gasteiger partial charge in [-0.15, -0.1) is 5.10 Å². The van der Waals surface area contributed by atoms with Crippen molar-refractivity contribution in [2.45, 2.75) is 6.54 Å². The van der Waals surface area contributed by atoms with Crippen LogP contribution in [0, 0.1) is 10.1 Å². The van der Waals surface area contributed by atoms with E-state index in [1.165, 1.54) is 18.2 Å². The van der Waals surface area contributed by atoms with Crippen molar-refractivity contribution in [1.82, 2.24) is 14.8 Å². The molecule has 0 aliphatic heterocycles. The lowest BCUT2D eigenvalue weighted by atomic mass is 10.1. The number of methoxy groups -OCH3 is 1. The van der Waals surface area contributed by atoms with Crippen LogP contribution in [0.1, 0.15) is 15.9 Å². The number of nitrogens with one attached hydrogen (secondary N) is 1. The van der Waals surface area contributed by atoms with Crippen molar-refractivity contribution < 1.29 is 14.5 Å². The summed E-state index contributed by atoms with van der Waals surface area (Å²) in [4.78, 5) is 28.6. The van der Waals surface area contributed by atoms with Crippen LogP contribution in [-0.2, 0) is 6.54 Å². The molecule has 3 aromatic carbocycles. The zero-order valence-electron chi connectivity index (χ0n) is 17.4. The highest BCUT2D eigenvalue weighted by Crippen LogP contribution is 2.25. The number of aromatic nitrogens is 3. The average molecular weight is 464 g/mol. The molecule has 0 spiro atoms. The van der Waals surface area contributed by atoms with Crippen molar-refractivity contribution in [1.29, 1.82) is 0 Å². The zero-order valence-corrected chi connectivity index (χ0v) is 18.2. The van der Waals surface area contributed by atoms with E-state index >= 15 is 0 Å². The molecule has 4 aromatic rings. The van der Waals surface area contributed by atoms with Crippen LogP contribution in [0.4, 0.5) is 11.6 Å². The van der Waals surface area contributed by atoms with Gasteiger partial charge < -0.3 is 10.1 Å². The predicted octanol–water partition coefficient (Wildman–Crippen LogP) is 4.82. The highest BCUT2D eigenvalue weighted by molar-refractivity contribution is 6.31. The van der Waals surface area contributed by atoms with Crippen LogP contribution in [0.5, 0.6) is 5.75 Å². The molecule has 33 heavy (non-hydrogen) atoms. The molecule has 0 aliphatic carbocycles. The minimum absolute atomic E-state index is 0.102. The Hall–Kier alpha value is -4.24. The number of nitro groups is 1. The SMILES string of the molecule is COc1ccc(-c2nc(NCc3ccccc3Cl)n(C(=O)c3ccccc3[N+](=O)[O-])n2)cc1. The van der Waals surface area contributed by atoms with Crippen LogP contribution in [-0.4, -0.2) is 32.7 Å². The fourth-order valence-corrected chi connectivity index (χ4v) is 3.38. The van der Waals surface area contributed by atoms with Gasteiger partial charge in [-0.1, -0.05) is 41.9 Å². The fourth-order valence-electron chi connectivity index (χ4n) is 3.17. The van der Waals surface area contributed by atoms with Gasteiger partial charge in [0, 0.05) is 23.2 Å². The maximum absolute atomic E-state index is 13.3. The molecule has 0 saturated carbocycles.